The maximum absolute atomic E-state index is 10.7. The molecule has 15 heavy (non-hydrogen) atoms. The van der Waals surface area contributed by atoms with Gasteiger partial charge >= 0.3 is 0 Å². The fourth-order valence-electron chi connectivity index (χ4n) is 1.22. The van der Waals surface area contributed by atoms with E-state index in [1.54, 1.807) is 0 Å². The van der Waals surface area contributed by atoms with Crippen molar-refractivity contribution in [2.75, 3.05) is 6.61 Å². The third-order valence-corrected chi connectivity index (χ3v) is 1.99. The maximum atomic E-state index is 10.7. The summed E-state index contributed by atoms with van der Waals surface area (Å²) in [5.41, 5.74) is 1.58. The number of ketones is 1. The van der Waals surface area contributed by atoms with Gasteiger partial charge in [-0.3, -0.25) is 4.79 Å². The molecule has 2 aromatic rings. The summed E-state index contributed by atoms with van der Waals surface area (Å²) in [6, 6.07) is 7.49. The lowest BCUT2D eigenvalue weighted by molar-refractivity contribution is -0.118. The molecule has 2 rings (SSSR count). The minimum atomic E-state index is 0.0967. The Morgan fingerprint density at radius 1 is 1.47 bits per heavy atom. The molecule has 0 amide bonds. The Morgan fingerprint density at radius 3 is 3.07 bits per heavy atom. The molecule has 0 saturated carbocycles. The van der Waals surface area contributed by atoms with Gasteiger partial charge in [-0.1, -0.05) is 17.0 Å². The molecule has 0 fully saturated rings. The number of para-hydroxylation sites is 1. The van der Waals surface area contributed by atoms with Crippen LogP contribution in [0.5, 0.6) is 0 Å². The largest absolute Gasteiger partial charge is 0.395 e. The SMILES string of the molecule is CC(=O)CCOn1nnc2ccccc21. The van der Waals surface area contributed by atoms with Gasteiger partial charge in [-0.15, -0.1) is 5.10 Å². The number of aromatic nitrogens is 3. The predicted molar refractivity (Wildman–Crippen MR) is 54.3 cm³/mol. The number of rotatable bonds is 4. The molecule has 0 spiro atoms. The van der Waals surface area contributed by atoms with E-state index in [9.17, 15) is 4.79 Å². The normalized spacial score (nSPS) is 10.5. The zero-order chi connectivity index (χ0) is 10.7. The monoisotopic (exact) mass is 205 g/mol. The summed E-state index contributed by atoms with van der Waals surface area (Å²) in [6.07, 6.45) is 0.383. The predicted octanol–water partition coefficient (Wildman–Crippen LogP) is 0.839. The minimum Gasteiger partial charge on any atom is -0.395 e. The Bertz CT molecular complexity index is 478. The lowest BCUT2D eigenvalue weighted by Crippen LogP contribution is -2.16. The van der Waals surface area contributed by atoms with Crippen LogP contribution in [0.3, 0.4) is 0 Å². The number of hydrogen-bond acceptors (Lipinski definition) is 4. The molecule has 1 aromatic heterocycles. The van der Waals surface area contributed by atoms with Gasteiger partial charge in [-0.2, -0.15) is 0 Å². The van der Waals surface area contributed by atoms with E-state index in [0.29, 0.717) is 13.0 Å². The van der Waals surface area contributed by atoms with Gasteiger partial charge in [0.05, 0.1) is 0 Å². The van der Waals surface area contributed by atoms with Crippen LogP contribution in [0, 0.1) is 0 Å². The summed E-state index contributed by atoms with van der Waals surface area (Å²) in [5, 5.41) is 7.74. The number of carbonyl (C=O) groups is 1. The fourth-order valence-corrected chi connectivity index (χ4v) is 1.22. The molecule has 5 nitrogen and oxygen atoms in total. The highest BCUT2D eigenvalue weighted by Gasteiger charge is 2.03. The second-order valence-electron chi connectivity index (χ2n) is 3.24. The van der Waals surface area contributed by atoms with Crippen molar-refractivity contribution in [3.05, 3.63) is 24.3 Å². The Kier molecular flexibility index (Phi) is 2.62. The molecule has 0 bridgehead atoms. The van der Waals surface area contributed by atoms with Gasteiger partial charge in [0.2, 0.25) is 0 Å². The average Bonchev–Trinajstić information content (AvgIpc) is 2.62. The Balaban J connectivity index is 2.11. The summed E-state index contributed by atoms with van der Waals surface area (Å²) < 4.78 is 0. The van der Waals surface area contributed by atoms with Gasteiger partial charge in [0.15, 0.2) is 0 Å². The fraction of sp³-hybridized carbons (Fsp3) is 0.300. The first-order chi connectivity index (χ1) is 7.27. The van der Waals surface area contributed by atoms with Crippen molar-refractivity contribution in [1.82, 2.24) is 15.2 Å². The summed E-state index contributed by atoms with van der Waals surface area (Å²) in [6.45, 7) is 1.85. The van der Waals surface area contributed by atoms with Crippen molar-refractivity contribution < 1.29 is 9.63 Å². The zero-order valence-electron chi connectivity index (χ0n) is 8.38. The molecule has 0 atom stereocenters. The van der Waals surface area contributed by atoms with Crippen molar-refractivity contribution in [2.24, 2.45) is 0 Å². The van der Waals surface area contributed by atoms with Gasteiger partial charge in [0.25, 0.3) is 0 Å². The first-order valence-electron chi connectivity index (χ1n) is 4.70. The maximum Gasteiger partial charge on any atom is 0.133 e. The third-order valence-electron chi connectivity index (χ3n) is 1.99. The number of nitrogens with zero attached hydrogens (tertiary/aromatic N) is 3. The molecule has 1 aromatic carbocycles. The van der Waals surface area contributed by atoms with Crippen LogP contribution in [-0.4, -0.2) is 27.5 Å². The van der Waals surface area contributed by atoms with Crippen LogP contribution in [0.4, 0.5) is 0 Å². The van der Waals surface area contributed by atoms with Crippen molar-refractivity contribution in [2.45, 2.75) is 13.3 Å². The topological polar surface area (TPSA) is 57.0 Å². The van der Waals surface area contributed by atoms with E-state index in [4.69, 9.17) is 4.84 Å². The molecule has 0 radical (unpaired) electrons. The van der Waals surface area contributed by atoms with Crippen molar-refractivity contribution in [3.8, 4) is 0 Å². The number of carbonyl (C=O) groups excluding carboxylic acids is 1. The van der Waals surface area contributed by atoms with Crippen LogP contribution in [0.2, 0.25) is 0 Å². The number of benzene rings is 1. The van der Waals surface area contributed by atoms with Gasteiger partial charge in [-0.05, 0) is 24.3 Å². The molecule has 0 aliphatic rings. The second-order valence-corrected chi connectivity index (χ2v) is 3.24. The standard InChI is InChI=1S/C10H11N3O2/c1-8(14)6-7-15-13-10-5-3-2-4-9(10)11-12-13/h2-5H,6-7H2,1H3. The van der Waals surface area contributed by atoms with E-state index in [2.05, 4.69) is 10.3 Å². The number of hydrogen-bond donors (Lipinski definition) is 0. The highest BCUT2D eigenvalue weighted by atomic mass is 16.7. The molecule has 0 unspecified atom stereocenters. The quantitative estimate of drug-likeness (QED) is 0.742. The summed E-state index contributed by atoms with van der Waals surface area (Å²) in [4.78, 5) is 17.3. The molecular formula is C10H11N3O2. The Hall–Kier alpha value is -1.91. The van der Waals surface area contributed by atoms with Crippen LogP contribution in [0.15, 0.2) is 24.3 Å². The molecule has 78 valence electrons. The van der Waals surface area contributed by atoms with E-state index in [-0.39, 0.29) is 5.78 Å². The molecule has 0 saturated heterocycles. The Morgan fingerprint density at radius 2 is 2.27 bits per heavy atom. The Labute approximate surface area is 86.6 Å². The molecule has 0 N–H and O–H groups in total. The smallest absolute Gasteiger partial charge is 0.133 e. The van der Waals surface area contributed by atoms with Crippen LogP contribution in [0.1, 0.15) is 13.3 Å². The highest BCUT2D eigenvalue weighted by molar-refractivity contribution is 5.75. The second kappa shape index (κ2) is 4.08. The van der Waals surface area contributed by atoms with Crippen LogP contribution in [-0.2, 0) is 4.79 Å². The lowest BCUT2D eigenvalue weighted by atomic mass is 10.3. The zero-order valence-corrected chi connectivity index (χ0v) is 8.38. The molecular weight excluding hydrogens is 194 g/mol. The lowest BCUT2D eigenvalue weighted by Gasteiger charge is -2.02. The number of fused-ring (bicyclic) bond motifs is 1. The van der Waals surface area contributed by atoms with Gasteiger partial charge < -0.3 is 4.84 Å². The van der Waals surface area contributed by atoms with Crippen LogP contribution >= 0.6 is 0 Å². The van der Waals surface area contributed by atoms with Gasteiger partial charge in [0.1, 0.15) is 23.4 Å². The minimum absolute atomic E-state index is 0.0967. The molecule has 0 aliphatic carbocycles. The third kappa shape index (κ3) is 2.12. The van der Waals surface area contributed by atoms with Crippen molar-refractivity contribution in [1.29, 1.82) is 0 Å². The van der Waals surface area contributed by atoms with E-state index >= 15 is 0 Å². The van der Waals surface area contributed by atoms with Crippen LogP contribution in [0.25, 0.3) is 11.0 Å². The molecule has 0 aliphatic heterocycles. The average molecular weight is 205 g/mol. The van der Waals surface area contributed by atoms with Crippen LogP contribution < -0.4 is 4.84 Å². The van der Waals surface area contributed by atoms with E-state index in [0.717, 1.165) is 11.0 Å². The van der Waals surface area contributed by atoms with E-state index in [1.807, 2.05) is 24.3 Å². The first kappa shape index (κ1) is 9.64. The van der Waals surface area contributed by atoms with E-state index < -0.39 is 0 Å². The van der Waals surface area contributed by atoms with Crippen molar-refractivity contribution >= 4 is 16.8 Å². The molecule has 5 heteroatoms. The van der Waals surface area contributed by atoms with Gasteiger partial charge in [0, 0.05) is 6.42 Å². The number of Topliss-reactive ketones (excluding diaryl/α,β-unsaturated/α-hetero) is 1. The summed E-state index contributed by atoms with van der Waals surface area (Å²) in [7, 11) is 0. The molecule has 1 heterocycles. The summed E-state index contributed by atoms with van der Waals surface area (Å²) in [5.74, 6) is 0.0967. The highest BCUT2D eigenvalue weighted by Crippen LogP contribution is 2.07. The van der Waals surface area contributed by atoms with Crippen molar-refractivity contribution in [3.63, 3.8) is 0 Å². The van der Waals surface area contributed by atoms with Gasteiger partial charge in [-0.25, -0.2) is 0 Å². The van der Waals surface area contributed by atoms with E-state index in [1.165, 1.54) is 11.8 Å². The first-order valence-corrected chi connectivity index (χ1v) is 4.70. The summed E-state index contributed by atoms with van der Waals surface area (Å²) >= 11 is 0.